The van der Waals surface area contributed by atoms with E-state index < -0.39 is 0 Å². The van der Waals surface area contributed by atoms with E-state index in [2.05, 4.69) is 13.8 Å². The highest BCUT2D eigenvalue weighted by molar-refractivity contribution is 8.03. The van der Waals surface area contributed by atoms with Gasteiger partial charge in [-0.3, -0.25) is 4.79 Å². The number of hydrogen-bond acceptors (Lipinski definition) is 1. The zero-order chi connectivity index (χ0) is 9.47. The first-order chi connectivity index (χ1) is 6.05. The van der Waals surface area contributed by atoms with E-state index in [1.807, 2.05) is 6.08 Å². The molecule has 72 valence electrons. The molecule has 0 atom stereocenters. The zero-order valence-electron chi connectivity index (χ0n) is 8.43. The van der Waals surface area contributed by atoms with E-state index >= 15 is 0 Å². The summed E-state index contributed by atoms with van der Waals surface area (Å²) in [5, 5.41) is 0. The van der Waals surface area contributed by atoms with Gasteiger partial charge in [0.2, 0.25) is 0 Å². The van der Waals surface area contributed by atoms with Gasteiger partial charge in [0.1, 0.15) is 5.75 Å². The fourth-order valence-corrected chi connectivity index (χ4v) is 3.51. The molecule has 0 aromatic heterocycles. The van der Waals surface area contributed by atoms with Crippen LogP contribution in [0.25, 0.3) is 0 Å². The highest BCUT2D eigenvalue weighted by Gasteiger charge is 2.37. The molecule has 1 saturated heterocycles. The zero-order valence-corrected chi connectivity index (χ0v) is 9.25. The van der Waals surface area contributed by atoms with Crippen LogP contribution in [-0.2, 0) is 15.7 Å². The van der Waals surface area contributed by atoms with Crippen LogP contribution < -0.4 is 0 Å². The number of allylic oxidation sites excluding steroid dienone is 1. The SMILES string of the molecule is CC1(C)CC(=O)C=C(C[S+]2CC2)C1. The molecule has 0 bridgehead atoms. The lowest BCUT2D eigenvalue weighted by molar-refractivity contribution is -0.117. The van der Waals surface area contributed by atoms with E-state index in [9.17, 15) is 4.79 Å². The minimum Gasteiger partial charge on any atom is -0.295 e. The Balaban J connectivity index is 2.04. The third-order valence-corrected chi connectivity index (χ3v) is 4.37. The second kappa shape index (κ2) is 3.16. The van der Waals surface area contributed by atoms with E-state index in [4.69, 9.17) is 0 Å². The van der Waals surface area contributed by atoms with Crippen molar-refractivity contribution in [1.82, 2.24) is 0 Å². The summed E-state index contributed by atoms with van der Waals surface area (Å²) in [6, 6.07) is 0. The van der Waals surface area contributed by atoms with Gasteiger partial charge in [0, 0.05) is 17.3 Å². The van der Waals surface area contributed by atoms with Crippen LogP contribution in [0.4, 0.5) is 0 Å². The largest absolute Gasteiger partial charge is 0.295 e. The molecule has 1 aliphatic carbocycles. The summed E-state index contributed by atoms with van der Waals surface area (Å²) in [4.78, 5) is 11.4. The van der Waals surface area contributed by atoms with Gasteiger partial charge < -0.3 is 0 Å². The van der Waals surface area contributed by atoms with Crippen molar-refractivity contribution >= 4 is 16.7 Å². The maximum Gasteiger partial charge on any atom is 0.156 e. The molecule has 2 rings (SSSR count). The molecule has 0 amide bonds. The predicted octanol–water partition coefficient (Wildman–Crippen LogP) is 1.93. The Morgan fingerprint density at radius 3 is 2.62 bits per heavy atom. The molecule has 0 aromatic carbocycles. The smallest absolute Gasteiger partial charge is 0.156 e. The topological polar surface area (TPSA) is 17.1 Å². The first-order valence-corrected chi connectivity index (χ1v) is 6.65. The van der Waals surface area contributed by atoms with Gasteiger partial charge in [-0.25, -0.2) is 0 Å². The lowest BCUT2D eigenvalue weighted by atomic mass is 9.77. The molecule has 0 spiro atoms. The molecule has 0 unspecified atom stereocenters. The summed E-state index contributed by atoms with van der Waals surface area (Å²) in [6.45, 7) is 4.40. The average Bonchev–Trinajstić information content (AvgIpc) is 2.65. The molecule has 1 heterocycles. The van der Waals surface area contributed by atoms with Crippen LogP contribution >= 0.6 is 0 Å². The Bertz CT molecular complexity index is 261. The summed E-state index contributed by atoms with van der Waals surface area (Å²) >= 11 is 0. The molecule has 1 fully saturated rings. The number of ketones is 1. The average molecular weight is 197 g/mol. The normalized spacial score (nSPS) is 27.2. The van der Waals surface area contributed by atoms with Crippen LogP contribution in [0.5, 0.6) is 0 Å². The molecule has 1 nitrogen and oxygen atoms in total. The van der Waals surface area contributed by atoms with Crippen molar-refractivity contribution in [3.63, 3.8) is 0 Å². The van der Waals surface area contributed by atoms with Crippen LogP contribution in [0.15, 0.2) is 11.6 Å². The summed E-state index contributed by atoms with van der Waals surface area (Å²) in [5.74, 6) is 4.38. The van der Waals surface area contributed by atoms with Crippen molar-refractivity contribution < 1.29 is 4.79 Å². The minimum atomic E-state index is 0.223. The van der Waals surface area contributed by atoms with E-state index in [1.165, 1.54) is 22.8 Å². The predicted molar refractivity (Wildman–Crippen MR) is 58.1 cm³/mol. The third-order valence-electron chi connectivity index (χ3n) is 2.61. The van der Waals surface area contributed by atoms with Crippen molar-refractivity contribution in [3.05, 3.63) is 11.6 Å². The molecular formula is C11H17OS+. The number of carbonyl (C=O) groups excluding carboxylic acids is 1. The first-order valence-electron chi connectivity index (χ1n) is 4.92. The van der Waals surface area contributed by atoms with E-state index in [1.54, 1.807) is 0 Å². The van der Waals surface area contributed by atoms with Gasteiger partial charge in [-0.05, 0) is 23.5 Å². The fraction of sp³-hybridized carbons (Fsp3) is 0.727. The Labute approximate surface area is 82.9 Å². The van der Waals surface area contributed by atoms with Gasteiger partial charge in [-0.2, -0.15) is 0 Å². The van der Waals surface area contributed by atoms with Crippen molar-refractivity contribution in [2.45, 2.75) is 26.7 Å². The summed E-state index contributed by atoms with van der Waals surface area (Å²) < 4.78 is 0. The molecule has 0 radical (unpaired) electrons. The van der Waals surface area contributed by atoms with Crippen molar-refractivity contribution in [3.8, 4) is 0 Å². The fourth-order valence-electron chi connectivity index (χ4n) is 2.04. The quantitative estimate of drug-likeness (QED) is 0.488. The van der Waals surface area contributed by atoms with E-state index in [0.29, 0.717) is 16.7 Å². The second-order valence-electron chi connectivity index (χ2n) is 4.95. The van der Waals surface area contributed by atoms with Gasteiger partial charge in [0.15, 0.2) is 17.3 Å². The van der Waals surface area contributed by atoms with Crippen LogP contribution in [0, 0.1) is 5.41 Å². The third kappa shape index (κ3) is 2.60. The Hall–Kier alpha value is -0.240. The van der Waals surface area contributed by atoms with E-state index in [-0.39, 0.29) is 5.41 Å². The highest BCUT2D eigenvalue weighted by atomic mass is 32.2. The maximum atomic E-state index is 11.4. The monoisotopic (exact) mass is 197 g/mol. The molecule has 2 heteroatoms. The van der Waals surface area contributed by atoms with Crippen LogP contribution in [0.1, 0.15) is 26.7 Å². The van der Waals surface area contributed by atoms with Crippen LogP contribution in [-0.4, -0.2) is 23.0 Å². The lowest BCUT2D eigenvalue weighted by Crippen LogP contribution is -2.23. The first kappa shape index (κ1) is 9.32. The second-order valence-corrected chi connectivity index (χ2v) is 7.28. The minimum absolute atomic E-state index is 0.223. The molecule has 0 aromatic rings. The van der Waals surface area contributed by atoms with Crippen molar-refractivity contribution in [1.29, 1.82) is 0 Å². The lowest BCUT2D eigenvalue weighted by Gasteiger charge is -2.27. The molecule has 0 saturated carbocycles. The molecular weight excluding hydrogens is 180 g/mol. The Morgan fingerprint density at radius 2 is 2.08 bits per heavy atom. The van der Waals surface area contributed by atoms with Gasteiger partial charge >= 0.3 is 0 Å². The van der Waals surface area contributed by atoms with E-state index in [0.717, 1.165) is 12.8 Å². The van der Waals surface area contributed by atoms with Crippen LogP contribution in [0.2, 0.25) is 0 Å². The standard InChI is InChI=1S/C11H17OS/c1-11(2)6-9(5-10(12)7-11)8-13-3-4-13/h5H,3-4,6-8H2,1-2H3/q+1. The van der Waals surface area contributed by atoms with Gasteiger partial charge in [0.05, 0.1) is 0 Å². The Morgan fingerprint density at radius 1 is 1.38 bits per heavy atom. The van der Waals surface area contributed by atoms with Crippen LogP contribution in [0.3, 0.4) is 0 Å². The number of rotatable bonds is 2. The van der Waals surface area contributed by atoms with Gasteiger partial charge in [-0.15, -0.1) is 0 Å². The van der Waals surface area contributed by atoms with Crippen molar-refractivity contribution in [2.24, 2.45) is 5.41 Å². The summed E-state index contributed by atoms with van der Waals surface area (Å²) in [5.41, 5.74) is 1.64. The Kier molecular flexibility index (Phi) is 2.26. The summed E-state index contributed by atoms with van der Waals surface area (Å²) in [6.07, 6.45) is 3.79. The van der Waals surface area contributed by atoms with Crippen molar-refractivity contribution in [2.75, 3.05) is 17.3 Å². The molecule has 13 heavy (non-hydrogen) atoms. The maximum absolute atomic E-state index is 11.4. The number of carbonyl (C=O) groups is 1. The van der Waals surface area contributed by atoms with Gasteiger partial charge in [-0.1, -0.05) is 13.8 Å². The summed E-state index contributed by atoms with van der Waals surface area (Å²) in [7, 11) is 0.668. The molecule has 2 aliphatic rings. The molecule has 0 N–H and O–H groups in total. The highest BCUT2D eigenvalue weighted by Crippen LogP contribution is 2.35. The number of hydrogen-bond donors (Lipinski definition) is 0. The van der Waals surface area contributed by atoms with Gasteiger partial charge in [0.25, 0.3) is 0 Å². The molecule has 1 aliphatic heterocycles.